The highest BCUT2D eigenvalue weighted by Gasteiger charge is 2.21. The quantitative estimate of drug-likeness (QED) is 0.861. The van der Waals surface area contributed by atoms with Gasteiger partial charge in [-0.3, -0.25) is 4.90 Å². The van der Waals surface area contributed by atoms with Gasteiger partial charge in [0.05, 0.1) is 13.2 Å². The Morgan fingerprint density at radius 3 is 3.22 bits per heavy atom. The number of nitrogens with zero attached hydrogens (tertiary/aromatic N) is 2. The van der Waals surface area contributed by atoms with Crippen LogP contribution in [0.2, 0.25) is 0 Å². The molecule has 18 heavy (non-hydrogen) atoms. The zero-order valence-electron chi connectivity index (χ0n) is 11.3. The highest BCUT2D eigenvalue weighted by Crippen LogP contribution is 2.22. The molecule has 102 valence electrons. The van der Waals surface area contributed by atoms with Crippen molar-refractivity contribution in [2.24, 2.45) is 0 Å². The lowest BCUT2D eigenvalue weighted by molar-refractivity contribution is -0.0123. The van der Waals surface area contributed by atoms with Gasteiger partial charge in [-0.1, -0.05) is 13.8 Å². The normalized spacial score (nSPS) is 21.1. The van der Waals surface area contributed by atoms with Gasteiger partial charge in [-0.25, -0.2) is 4.98 Å². The molecule has 1 aliphatic rings. The Morgan fingerprint density at radius 2 is 2.44 bits per heavy atom. The van der Waals surface area contributed by atoms with Crippen LogP contribution in [-0.2, 0) is 11.3 Å². The van der Waals surface area contributed by atoms with Crippen molar-refractivity contribution in [3.8, 4) is 0 Å². The summed E-state index contributed by atoms with van der Waals surface area (Å²) < 4.78 is 5.53. The molecule has 0 spiro atoms. The molecule has 1 fully saturated rings. The molecule has 2 rings (SSSR count). The Hall–Kier alpha value is -0.650. The van der Waals surface area contributed by atoms with E-state index in [4.69, 9.17) is 4.74 Å². The lowest BCUT2D eigenvalue weighted by Crippen LogP contribution is -2.44. The predicted octanol–water partition coefficient (Wildman–Crippen LogP) is 2.58. The van der Waals surface area contributed by atoms with Crippen molar-refractivity contribution in [1.82, 2.24) is 9.88 Å². The molecule has 1 aromatic heterocycles. The molecule has 1 unspecified atom stereocenters. The molecule has 0 radical (unpaired) electrons. The monoisotopic (exact) mass is 269 g/mol. The van der Waals surface area contributed by atoms with Crippen LogP contribution in [0.4, 0.5) is 5.13 Å². The SMILES string of the molecule is CCCNc1ncc(CN2CCOCC2CC)s1. The molecule has 0 aliphatic carbocycles. The molecule has 1 aromatic rings. The molecular weight excluding hydrogens is 246 g/mol. The molecule has 0 saturated carbocycles. The minimum atomic E-state index is 0.563. The summed E-state index contributed by atoms with van der Waals surface area (Å²) in [6.45, 7) is 9.17. The van der Waals surface area contributed by atoms with Crippen LogP contribution in [0, 0.1) is 0 Å². The third-order valence-corrected chi connectivity index (χ3v) is 4.20. The Kier molecular flexibility index (Phi) is 5.41. The fourth-order valence-corrected chi connectivity index (χ4v) is 3.03. The second-order valence-corrected chi connectivity index (χ2v) is 5.78. The fraction of sp³-hybridized carbons (Fsp3) is 0.769. The van der Waals surface area contributed by atoms with Gasteiger partial charge in [0, 0.05) is 36.8 Å². The minimum absolute atomic E-state index is 0.563. The summed E-state index contributed by atoms with van der Waals surface area (Å²) in [6.07, 6.45) is 4.29. The Balaban J connectivity index is 1.89. The van der Waals surface area contributed by atoms with Gasteiger partial charge in [0.15, 0.2) is 5.13 Å². The molecule has 0 aromatic carbocycles. The Bertz CT molecular complexity index is 356. The fourth-order valence-electron chi connectivity index (χ4n) is 2.17. The van der Waals surface area contributed by atoms with E-state index in [2.05, 4.69) is 29.0 Å². The molecule has 1 atom stereocenters. The van der Waals surface area contributed by atoms with E-state index in [0.29, 0.717) is 6.04 Å². The average Bonchev–Trinajstić information content (AvgIpc) is 2.84. The van der Waals surface area contributed by atoms with E-state index in [9.17, 15) is 0 Å². The van der Waals surface area contributed by atoms with Crippen LogP contribution in [0.5, 0.6) is 0 Å². The van der Waals surface area contributed by atoms with E-state index in [1.165, 1.54) is 4.88 Å². The predicted molar refractivity (Wildman–Crippen MR) is 76.2 cm³/mol. The third kappa shape index (κ3) is 3.67. The highest BCUT2D eigenvalue weighted by atomic mass is 32.1. The van der Waals surface area contributed by atoms with Crippen LogP contribution in [-0.4, -0.2) is 42.2 Å². The first-order chi connectivity index (χ1) is 8.83. The van der Waals surface area contributed by atoms with E-state index in [-0.39, 0.29) is 0 Å². The number of nitrogens with one attached hydrogen (secondary N) is 1. The summed E-state index contributed by atoms with van der Waals surface area (Å²) in [7, 11) is 0. The van der Waals surface area contributed by atoms with Crippen molar-refractivity contribution in [2.75, 3.05) is 31.6 Å². The number of morpholine rings is 1. The van der Waals surface area contributed by atoms with Gasteiger partial charge < -0.3 is 10.1 Å². The summed E-state index contributed by atoms with van der Waals surface area (Å²) >= 11 is 1.77. The molecular formula is C13H23N3OS. The zero-order valence-corrected chi connectivity index (χ0v) is 12.1. The zero-order chi connectivity index (χ0) is 12.8. The van der Waals surface area contributed by atoms with Crippen LogP contribution in [0.3, 0.4) is 0 Å². The number of ether oxygens (including phenoxy) is 1. The van der Waals surface area contributed by atoms with Gasteiger partial charge in [0.1, 0.15) is 0 Å². The topological polar surface area (TPSA) is 37.4 Å². The van der Waals surface area contributed by atoms with E-state index in [1.54, 1.807) is 11.3 Å². The molecule has 0 amide bonds. The molecule has 2 heterocycles. The number of anilines is 1. The Labute approximate surface area is 113 Å². The molecule has 1 saturated heterocycles. The highest BCUT2D eigenvalue weighted by molar-refractivity contribution is 7.15. The summed E-state index contributed by atoms with van der Waals surface area (Å²) in [6, 6.07) is 0.563. The van der Waals surface area contributed by atoms with E-state index in [1.807, 2.05) is 6.20 Å². The first-order valence-electron chi connectivity index (χ1n) is 6.83. The molecule has 5 heteroatoms. The van der Waals surface area contributed by atoms with Gasteiger partial charge in [0.2, 0.25) is 0 Å². The molecule has 1 aliphatic heterocycles. The Morgan fingerprint density at radius 1 is 1.56 bits per heavy atom. The first kappa shape index (κ1) is 13.8. The number of thiazole rings is 1. The number of hydrogen-bond donors (Lipinski definition) is 1. The van der Waals surface area contributed by atoms with E-state index in [0.717, 1.165) is 50.8 Å². The maximum absolute atomic E-state index is 5.53. The first-order valence-corrected chi connectivity index (χ1v) is 7.65. The molecule has 1 N–H and O–H groups in total. The van der Waals surface area contributed by atoms with E-state index < -0.39 is 0 Å². The van der Waals surface area contributed by atoms with Crippen molar-refractivity contribution in [3.63, 3.8) is 0 Å². The molecule has 4 nitrogen and oxygen atoms in total. The summed E-state index contributed by atoms with van der Waals surface area (Å²) in [5.41, 5.74) is 0. The molecule has 0 bridgehead atoms. The van der Waals surface area contributed by atoms with Crippen molar-refractivity contribution >= 4 is 16.5 Å². The second-order valence-electron chi connectivity index (χ2n) is 4.67. The lowest BCUT2D eigenvalue weighted by atomic mass is 10.2. The van der Waals surface area contributed by atoms with Gasteiger partial charge in [-0.15, -0.1) is 11.3 Å². The number of aromatic nitrogens is 1. The van der Waals surface area contributed by atoms with Crippen molar-refractivity contribution in [3.05, 3.63) is 11.1 Å². The van der Waals surface area contributed by atoms with Gasteiger partial charge in [-0.2, -0.15) is 0 Å². The lowest BCUT2D eigenvalue weighted by Gasteiger charge is -2.34. The smallest absolute Gasteiger partial charge is 0.182 e. The maximum Gasteiger partial charge on any atom is 0.182 e. The van der Waals surface area contributed by atoms with Gasteiger partial charge in [0.25, 0.3) is 0 Å². The van der Waals surface area contributed by atoms with Crippen molar-refractivity contribution < 1.29 is 4.74 Å². The maximum atomic E-state index is 5.53. The average molecular weight is 269 g/mol. The number of hydrogen-bond acceptors (Lipinski definition) is 5. The number of rotatable bonds is 6. The van der Waals surface area contributed by atoms with Crippen LogP contribution in [0.25, 0.3) is 0 Å². The standard InChI is InChI=1S/C13H23N3OS/c1-3-5-14-13-15-8-12(18-13)9-16-6-7-17-10-11(16)4-2/h8,11H,3-7,9-10H2,1-2H3,(H,14,15). The van der Waals surface area contributed by atoms with Gasteiger partial charge in [-0.05, 0) is 12.8 Å². The van der Waals surface area contributed by atoms with E-state index >= 15 is 0 Å². The summed E-state index contributed by atoms with van der Waals surface area (Å²) in [5, 5.41) is 4.39. The van der Waals surface area contributed by atoms with Crippen molar-refractivity contribution in [1.29, 1.82) is 0 Å². The minimum Gasteiger partial charge on any atom is -0.378 e. The third-order valence-electron chi connectivity index (χ3n) is 3.26. The second kappa shape index (κ2) is 7.07. The van der Waals surface area contributed by atoms with Crippen LogP contribution >= 0.6 is 11.3 Å². The van der Waals surface area contributed by atoms with Crippen LogP contribution in [0.1, 0.15) is 31.6 Å². The van der Waals surface area contributed by atoms with Crippen molar-refractivity contribution in [2.45, 2.75) is 39.3 Å². The largest absolute Gasteiger partial charge is 0.378 e. The van der Waals surface area contributed by atoms with Gasteiger partial charge >= 0.3 is 0 Å². The van der Waals surface area contributed by atoms with Crippen LogP contribution < -0.4 is 5.32 Å². The summed E-state index contributed by atoms with van der Waals surface area (Å²) in [5.74, 6) is 0. The van der Waals surface area contributed by atoms with Crippen LogP contribution in [0.15, 0.2) is 6.20 Å². The summed E-state index contributed by atoms with van der Waals surface area (Å²) in [4.78, 5) is 8.28.